The highest BCUT2D eigenvalue weighted by Crippen LogP contribution is 2.33. The standard InChI is InChI=1S/C16H21F3N2O2/c1-3-14(22)21(11-15(2)7-9-23-10-8-15)13-6-4-5-12(20-13)16(17,18)19/h4-6H,3,7-11H2,1-2H3. The molecule has 0 N–H and O–H groups in total. The lowest BCUT2D eigenvalue weighted by atomic mass is 9.82. The van der Waals surface area contributed by atoms with Gasteiger partial charge in [0.2, 0.25) is 5.91 Å². The number of amides is 1. The zero-order valence-electron chi connectivity index (χ0n) is 13.3. The second-order valence-corrected chi connectivity index (χ2v) is 6.14. The van der Waals surface area contributed by atoms with E-state index in [1.165, 1.54) is 17.0 Å². The van der Waals surface area contributed by atoms with E-state index in [1.54, 1.807) is 6.92 Å². The van der Waals surface area contributed by atoms with Crippen molar-refractivity contribution in [1.82, 2.24) is 4.98 Å². The first-order valence-corrected chi connectivity index (χ1v) is 7.67. The van der Waals surface area contributed by atoms with Crippen molar-refractivity contribution in [2.75, 3.05) is 24.7 Å². The van der Waals surface area contributed by atoms with E-state index in [9.17, 15) is 18.0 Å². The minimum Gasteiger partial charge on any atom is -0.381 e. The van der Waals surface area contributed by atoms with Crippen molar-refractivity contribution < 1.29 is 22.7 Å². The topological polar surface area (TPSA) is 42.4 Å². The van der Waals surface area contributed by atoms with Crippen LogP contribution in [0, 0.1) is 5.41 Å². The molecule has 0 spiro atoms. The lowest BCUT2D eigenvalue weighted by molar-refractivity contribution is -0.141. The molecule has 0 atom stereocenters. The number of alkyl halides is 3. The van der Waals surface area contributed by atoms with E-state index < -0.39 is 11.9 Å². The third-order valence-corrected chi connectivity index (χ3v) is 4.14. The van der Waals surface area contributed by atoms with Crippen molar-refractivity contribution in [2.45, 2.75) is 39.3 Å². The van der Waals surface area contributed by atoms with Crippen molar-refractivity contribution in [2.24, 2.45) is 5.41 Å². The van der Waals surface area contributed by atoms with Crippen LogP contribution in [0.25, 0.3) is 0 Å². The second-order valence-electron chi connectivity index (χ2n) is 6.14. The van der Waals surface area contributed by atoms with Crippen LogP contribution in [0.15, 0.2) is 18.2 Å². The molecule has 1 fully saturated rings. The minimum atomic E-state index is -4.53. The molecule has 1 aliphatic heterocycles. The first-order chi connectivity index (χ1) is 10.7. The Kier molecular flexibility index (Phi) is 5.29. The normalized spacial score (nSPS) is 17.8. The van der Waals surface area contributed by atoms with E-state index in [0.717, 1.165) is 18.9 Å². The fourth-order valence-corrected chi connectivity index (χ4v) is 2.62. The Labute approximate surface area is 133 Å². The van der Waals surface area contributed by atoms with Gasteiger partial charge in [-0.15, -0.1) is 0 Å². The first-order valence-electron chi connectivity index (χ1n) is 7.67. The molecule has 128 valence electrons. The van der Waals surface area contributed by atoms with Gasteiger partial charge in [-0.3, -0.25) is 9.69 Å². The Balaban J connectivity index is 2.30. The Morgan fingerprint density at radius 2 is 2.00 bits per heavy atom. The predicted octanol–water partition coefficient (Wildman–Crippen LogP) is 3.66. The maximum Gasteiger partial charge on any atom is 0.433 e. The molecule has 1 saturated heterocycles. The van der Waals surface area contributed by atoms with Gasteiger partial charge in [-0.25, -0.2) is 4.98 Å². The van der Waals surface area contributed by atoms with Crippen molar-refractivity contribution in [3.63, 3.8) is 0 Å². The number of hydrogen-bond acceptors (Lipinski definition) is 3. The number of ether oxygens (including phenoxy) is 1. The van der Waals surface area contributed by atoms with Crippen LogP contribution < -0.4 is 4.90 Å². The quantitative estimate of drug-likeness (QED) is 0.846. The van der Waals surface area contributed by atoms with Gasteiger partial charge in [0.05, 0.1) is 0 Å². The third kappa shape index (κ3) is 4.43. The molecule has 1 aliphatic rings. The zero-order chi connectivity index (χ0) is 17.1. The summed E-state index contributed by atoms with van der Waals surface area (Å²) in [6.07, 6.45) is -2.79. The van der Waals surface area contributed by atoms with E-state index in [1.807, 2.05) is 6.92 Å². The van der Waals surface area contributed by atoms with Crippen LogP contribution in [0.3, 0.4) is 0 Å². The highest BCUT2D eigenvalue weighted by atomic mass is 19.4. The van der Waals surface area contributed by atoms with E-state index >= 15 is 0 Å². The SMILES string of the molecule is CCC(=O)N(CC1(C)CCOCC1)c1cccc(C(F)(F)F)n1. The smallest absolute Gasteiger partial charge is 0.381 e. The molecular weight excluding hydrogens is 309 g/mol. The number of nitrogens with zero attached hydrogens (tertiary/aromatic N) is 2. The summed E-state index contributed by atoms with van der Waals surface area (Å²) in [4.78, 5) is 17.3. The molecule has 4 nitrogen and oxygen atoms in total. The van der Waals surface area contributed by atoms with Crippen LogP contribution in [0.5, 0.6) is 0 Å². The van der Waals surface area contributed by atoms with Crippen LogP contribution in [-0.4, -0.2) is 30.6 Å². The van der Waals surface area contributed by atoms with E-state index in [4.69, 9.17) is 4.74 Å². The van der Waals surface area contributed by atoms with Crippen molar-refractivity contribution >= 4 is 11.7 Å². The summed E-state index contributed by atoms with van der Waals surface area (Å²) >= 11 is 0. The molecule has 0 bridgehead atoms. The number of hydrogen-bond donors (Lipinski definition) is 0. The zero-order valence-corrected chi connectivity index (χ0v) is 13.3. The van der Waals surface area contributed by atoms with Gasteiger partial charge >= 0.3 is 6.18 Å². The van der Waals surface area contributed by atoms with Crippen molar-refractivity contribution in [1.29, 1.82) is 0 Å². The Morgan fingerprint density at radius 3 is 2.57 bits per heavy atom. The summed E-state index contributed by atoms with van der Waals surface area (Å²) in [6.45, 7) is 5.26. The summed E-state index contributed by atoms with van der Waals surface area (Å²) in [5.74, 6) is -0.177. The molecule has 0 aromatic carbocycles. The highest BCUT2D eigenvalue weighted by molar-refractivity contribution is 5.92. The van der Waals surface area contributed by atoms with Crippen molar-refractivity contribution in [3.05, 3.63) is 23.9 Å². The number of rotatable bonds is 4. The van der Waals surface area contributed by atoms with Crippen LogP contribution in [0.2, 0.25) is 0 Å². The van der Waals surface area contributed by atoms with Gasteiger partial charge in [-0.1, -0.05) is 19.9 Å². The summed E-state index contributed by atoms with van der Waals surface area (Å²) in [5, 5.41) is 0. The van der Waals surface area contributed by atoms with Crippen LogP contribution in [-0.2, 0) is 15.7 Å². The molecule has 0 aliphatic carbocycles. The molecule has 1 aromatic rings. The van der Waals surface area contributed by atoms with Gasteiger partial charge in [0.1, 0.15) is 11.5 Å². The molecule has 23 heavy (non-hydrogen) atoms. The van der Waals surface area contributed by atoms with E-state index in [2.05, 4.69) is 4.98 Å². The van der Waals surface area contributed by atoms with Gasteiger partial charge in [-0.05, 0) is 30.4 Å². The van der Waals surface area contributed by atoms with Gasteiger partial charge < -0.3 is 4.74 Å². The van der Waals surface area contributed by atoms with Crippen LogP contribution in [0.4, 0.5) is 19.0 Å². The number of carbonyl (C=O) groups is 1. The number of pyridine rings is 1. The lowest BCUT2D eigenvalue weighted by Crippen LogP contribution is -2.43. The maximum atomic E-state index is 12.9. The average molecular weight is 330 g/mol. The first kappa shape index (κ1) is 17.7. The van der Waals surface area contributed by atoms with E-state index in [-0.39, 0.29) is 23.6 Å². The minimum absolute atomic E-state index is 0.0550. The van der Waals surface area contributed by atoms with Crippen LogP contribution in [0.1, 0.15) is 38.8 Å². The van der Waals surface area contributed by atoms with Gasteiger partial charge in [0.15, 0.2) is 0 Å². The Morgan fingerprint density at radius 1 is 1.35 bits per heavy atom. The lowest BCUT2D eigenvalue weighted by Gasteiger charge is -2.37. The van der Waals surface area contributed by atoms with Gasteiger partial charge in [0, 0.05) is 26.2 Å². The van der Waals surface area contributed by atoms with Crippen LogP contribution >= 0.6 is 0 Å². The molecule has 0 saturated carbocycles. The summed E-state index contributed by atoms with van der Waals surface area (Å²) in [7, 11) is 0. The molecule has 1 aromatic heterocycles. The fourth-order valence-electron chi connectivity index (χ4n) is 2.62. The average Bonchev–Trinajstić information content (AvgIpc) is 2.52. The summed E-state index contributed by atoms with van der Waals surface area (Å²) in [6, 6.07) is 3.65. The molecule has 0 unspecified atom stereocenters. The molecule has 2 rings (SSSR count). The Hall–Kier alpha value is -1.63. The number of anilines is 1. The molecule has 0 radical (unpaired) electrons. The number of halogens is 3. The molecule has 2 heterocycles. The summed E-state index contributed by atoms with van der Waals surface area (Å²) < 4.78 is 43.9. The maximum absolute atomic E-state index is 12.9. The highest BCUT2D eigenvalue weighted by Gasteiger charge is 2.35. The van der Waals surface area contributed by atoms with Gasteiger partial charge in [0.25, 0.3) is 0 Å². The molecule has 7 heteroatoms. The van der Waals surface area contributed by atoms with E-state index in [0.29, 0.717) is 19.8 Å². The monoisotopic (exact) mass is 330 g/mol. The second kappa shape index (κ2) is 6.86. The fraction of sp³-hybridized carbons (Fsp3) is 0.625. The predicted molar refractivity (Wildman–Crippen MR) is 80.0 cm³/mol. The number of aromatic nitrogens is 1. The molecular formula is C16H21F3N2O2. The third-order valence-electron chi connectivity index (χ3n) is 4.14. The Bertz CT molecular complexity index is 555. The van der Waals surface area contributed by atoms with Crippen molar-refractivity contribution in [3.8, 4) is 0 Å². The summed E-state index contributed by atoms with van der Waals surface area (Å²) in [5.41, 5.74) is -1.17. The molecule has 1 amide bonds. The van der Waals surface area contributed by atoms with Gasteiger partial charge in [-0.2, -0.15) is 13.2 Å². The largest absolute Gasteiger partial charge is 0.433 e. The number of carbonyl (C=O) groups excluding carboxylic acids is 1.